The van der Waals surface area contributed by atoms with Crippen molar-refractivity contribution >= 4 is 0 Å². The summed E-state index contributed by atoms with van der Waals surface area (Å²) >= 11 is 0. The molecule has 0 aromatic heterocycles. The number of rotatable bonds is 6. The van der Waals surface area contributed by atoms with Crippen LogP contribution in [0.1, 0.15) is 40.5 Å². The molecule has 5 nitrogen and oxygen atoms in total. The second kappa shape index (κ2) is 8.66. The summed E-state index contributed by atoms with van der Waals surface area (Å²) in [7, 11) is 1.85. The van der Waals surface area contributed by atoms with Crippen LogP contribution in [0.15, 0.2) is 0 Å². The van der Waals surface area contributed by atoms with E-state index in [9.17, 15) is 0 Å². The number of hydrogen-bond acceptors (Lipinski definition) is 5. The van der Waals surface area contributed by atoms with Gasteiger partial charge >= 0.3 is 0 Å². The van der Waals surface area contributed by atoms with Crippen LogP contribution in [-0.2, 0) is 4.74 Å². The highest BCUT2D eigenvalue weighted by molar-refractivity contribution is 4.98. The molecular weight excluding hydrogens is 312 g/mol. The van der Waals surface area contributed by atoms with Crippen molar-refractivity contribution in [3.05, 3.63) is 0 Å². The third-order valence-electron chi connectivity index (χ3n) is 6.75. The molecular formula is C20H40N4O. The zero-order valence-electron chi connectivity index (χ0n) is 17.2. The highest BCUT2D eigenvalue weighted by Gasteiger charge is 2.41. The molecule has 0 N–H and O–H groups in total. The fourth-order valence-electron chi connectivity index (χ4n) is 4.95. The quantitative estimate of drug-likeness (QED) is 0.722. The van der Waals surface area contributed by atoms with Gasteiger partial charge < -0.3 is 9.64 Å². The SMILES string of the molecule is COC[C@H]1CN(C(C)C)CCN1C1CN(C2CCN(C(C)C)CC2)C1. The second-order valence-electron chi connectivity index (χ2n) is 8.90. The molecule has 0 spiro atoms. The minimum atomic E-state index is 0.566. The Morgan fingerprint density at radius 2 is 1.44 bits per heavy atom. The van der Waals surface area contributed by atoms with E-state index in [-0.39, 0.29) is 0 Å². The average molecular weight is 353 g/mol. The van der Waals surface area contributed by atoms with Crippen LogP contribution in [0.2, 0.25) is 0 Å². The van der Waals surface area contributed by atoms with Gasteiger partial charge in [-0.05, 0) is 53.6 Å². The minimum absolute atomic E-state index is 0.566. The van der Waals surface area contributed by atoms with E-state index in [0.29, 0.717) is 18.1 Å². The minimum Gasteiger partial charge on any atom is -0.383 e. The van der Waals surface area contributed by atoms with Gasteiger partial charge in [-0.3, -0.25) is 14.7 Å². The molecule has 0 bridgehead atoms. The molecule has 0 unspecified atom stereocenters. The van der Waals surface area contributed by atoms with Crippen LogP contribution in [-0.4, -0.2) is 109 Å². The van der Waals surface area contributed by atoms with E-state index in [1.165, 1.54) is 52.1 Å². The summed E-state index contributed by atoms with van der Waals surface area (Å²) in [5, 5.41) is 0. The molecule has 3 fully saturated rings. The van der Waals surface area contributed by atoms with E-state index in [1.807, 2.05) is 7.11 Å². The molecule has 3 aliphatic heterocycles. The number of likely N-dealkylation sites (tertiary alicyclic amines) is 2. The van der Waals surface area contributed by atoms with Crippen LogP contribution in [0.5, 0.6) is 0 Å². The standard InChI is InChI=1S/C20H40N4O/c1-16(2)21-8-6-18(7-9-21)23-12-19(13-23)24-11-10-22(17(3)4)14-20(24)15-25-5/h16-20H,6-15H2,1-5H3/t20-/m1/s1. The monoisotopic (exact) mass is 352 g/mol. The van der Waals surface area contributed by atoms with Gasteiger partial charge in [0.15, 0.2) is 0 Å². The summed E-state index contributed by atoms with van der Waals surface area (Å²) in [4.78, 5) is 10.7. The van der Waals surface area contributed by atoms with Crippen LogP contribution in [0.25, 0.3) is 0 Å². The molecule has 0 saturated carbocycles. The molecule has 0 aromatic carbocycles. The molecule has 0 radical (unpaired) electrons. The van der Waals surface area contributed by atoms with Gasteiger partial charge in [-0.25, -0.2) is 0 Å². The van der Waals surface area contributed by atoms with Crippen molar-refractivity contribution < 1.29 is 4.74 Å². The van der Waals surface area contributed by atoms with Crippen LogP contribution in [0.4, 0.5) is 0 Å². The maximum atomic E-state index is 5.55. The Balaban J connectivity index is 1.47. The molecule has 1 atom stereocenters. The normalized spacial score (nSPS) is 29.6. The fourth-order valence-corrected chi connectivity index (χ4v) is 4.95. The van der Waals surface area contributed by atoms with E-state index in [0.717, 1.165) is 25.2 Å². The fraction of sp³-hybridized carbons (Fsp3) is 1.00. The second-order valence-corrected chi connectivity index (χ2v) is 8.90. The average Bonchev–Trinajstić information content (AvgIpc) is 2.55. The summed E-state index contributed by atoms with van der Waals surface area (Å²) in [6.45, 7) is 18.8. The van der Waals surface area contributed by atoms with Gasteiger partial charge in [0.1, 0.15) is 0 Å². The van der Waals surface area contributed by atoms with Gasteiger partial charge in [-0.15, -0.1) is 0 Å². The van der Waals surface area contributed by atoms with E-state index >= 15 is 0 Å². The number of nitrogens with zero attached hydrogens (tertiary/aromatic N) is 4. The molecule has 0 aromatic rings. The lowest BCUT2D eigenvalue weighted by Gasteiger charge is -2.55. The van der Waals surface area contributed by atoms with Crippen molar-refractivity contribution in [2.45, 2.75) is 70.7 Å². The van der Waals surface area contributed by atoms with E-state index in [1.54, 1.807) is 0 Å². The van der Waals surface area contributed by atoms with Gasteiger partial charge in [0.25, 0.3) is 0 Å². The van der Waals surface area contributed by atoms with Gasteiger partial charge in [0, 0.05) is 70.0 Å². The van der Waals surface area contributed by atoms with Crippen molar-refractivity contribution in [1.82, 2.24) is 19.6 Å². The molecule has 0 aliphatic carbocycles. The lowest BCUT2D eigenvalue weighted by molar-refractivity contribution is -0.0726. The molecule has 25 heavy (non-hydrogen) atoms. The van der Waals surface area contributed by atoms with E-state index in [4.69, 9.17) is 4.74 Å². The zero-order valence-corrected chi connectivity index (χ0v) is 17.2. The molecule has 3 rings (SSSR count). The first-order valence-electron chi connectivity index (χ1n) is 10.5. The Kier molecular flexibility index (Phi) is 6.77. The topological polar surface area (TPSA) is 22.2 Å². The Morgan fingerprint density at radius 3 is 2.00 bits per heavy atom. The summed E-state index contributed by atoms with van der Waals surface area (Å²) < 4.78 is 5.55. The Hall–Kier alpha value is -0.200. The van der Waals surface area contributed by atoms with Crippen LogP contribution >= 0.6 is 0 Å². The Morgan fingerprint density at radius 1 is 0.800 bits per heavy atom. The highest BCUT2D eigenvalue weighted by atomic mass is 16.5. The van der Waals surface area contributed by atoms with Crippen molar-refractivity contribution in [3.8, 4) is 0 Å². The Labute approximate surface area is 155 Å². The summed E-state index contributed by atoms with van der Waals surface area (Å²) in [5.74, 6) is 0. The van der Waals surface area contributed by atoms with Crippen molar-refractivity contribution in [3.63, 3.8) is 0 Å². The molecule has 3 aliphatic rings. The third-order valence-corrected chi connectivity index (χ3v) is 6.75. The highest BCUT2D eigenvalue weighted by Crippen LogP contribution is 2.27. The van der Waals surface area contributed by atoms with Gasteiger partial charge in [-0.1, -0.05) is 0 Å². The number of piperazine rings is 1. The number of methoxy groups -OCH3 is 1. The third kappa shape index (κ3) is 4.56. The summed E-state index contributed by atoms with van der Waals surface area (Å²) in [5.41, 5.74) is 0. The summed E-state index contributed by atoms with van der Waals surface area (Å²) in [6.07, 6.45) is 2.71. The van der Waals surface area contributed by atoms with Crippen molar-refractivity contribution in [2.75, 3.05) is 59.5 Å². The molecule has 5 heteroatoms. The van der Waals surface area contributed by atoms with Gasteiger partial charge in [0.2, 0.25) is 0 Å². The molecule has 3 heterocycles. The maximum Gasteiger partial charge on any atom is 0.0630 e. The number of piperidine rings is 1. The predicted octanol–water partition coefficient (Wildman–Crippen LogP) is 1.58. The first-order chi connectivity index (χ1) is 12.0. The lowest BCUT2D eigenvalue weighted by atomic mass is 9.94. The van der Waals surface area contributed by atoms with Crippen molar-refractivity contribution in [2.24, 2.45) is 0 Å². The maximum absolute atomic E-state index is 5.55. The Bertz CT molecular complexity index is 403. The summed E-state index contributed by atoms with van der Waals surface area (Å²) in [6, 6.07) is 3.49. The molecule has 3 saturated heterocycles. The first kappa shape index (κ1) is 19.6. The predicted molar refractivity (Wildman–Crippen MR) is 104 cm³/mol. The van der Waals surface area contributed by atoms with Crippen LogP contribution in [0.3, 0.4) is 0 Å². The van der Waals surface area contributed by atoms with Gasteiger partial charge in [0.05, 0.1) is 6.61 Å². The van der Waals surface area contributed by atoms with Gasteiger partial charge in [-0.2, -0.15) is 0 Å². The molecule has 0 amide bonds. The molecule has 146 valence electrons. The first-order valence-corrected chi connectivity index (χ1v) is 10.5. The van der Waals surface area contributed by atoms with Crippen LogP contribution < -0.4 is 0 Å². The number of ether oxygens (including phenoxy) is 1. The largest absolute Gasteiger partial charge is 0.383 e. The zero-order chi connectivity index (χ0) is 18.0. The lowest BCUT2D eigenvalue weighted by Crippen LogP contribution is -2.69. The van der Waals surface area contributed by atoms with E-state index < -0.39 is 0 Å². The van der Waals surface area contributed by atoms with Crippen molar-refractivity contribution in [1.29, 1.82) is 0 Å². The number of hydrogen-bond donors (Lipinski definition) is 0. The van der Waals surface area contributed by atoms with Crippen LogP contribution in [0, 0.1) is 0 Å². The smallest absolute Gasteiger partial charge is 0.0630 e. The van der Waals surface area contributed by atoms with E-state index in [2.05, 4.69) is 47.3 Å².